The van der Waals surface area contributed by atoms with Gasteiger partial charge >= 0.3 is 36.4 Å². The molecule has 4 aromatic rings. The van der Waals surface area contributed by atoms with Crippen molar-refractivity contribution >= 4 is 58.8 Å². The maximum atomic E-state index is 9.93. The van der Waals surface area contributed by atoms with E-state index in [9.17, 15) is 22.0 Å². The Morgan fingerprint density at radius 3 is 2.11 bits per heavy atom. The van der Waals surface area contributed by atoms with Gasteiger partial charge in [0.15, 0.2) is 12.3 Å². The third-order valence-electron chi connectivity index (χ3n) is 6.67. The zero-order valence-corrected chi connectivity index (χ0v) is 23.7. The van der Waals surface area contributed by atoms with E-state index in [1.807, 2.05) is 0 Å². The van der Waals surface area contributed by atoms with E-state index in [1.54, 1.807) is 0 Å². The van der Waals surface area contributed by atoms with Crippen molar-refractivity contribution in [1.29, 1.82) is 0 Å². The van der Waals surface area contributed by atoms with E-state index in [2.05, 4.69) is 109 Å². The van der Waals surface area contributed by atoms with Gasteiger partial charge in [0.25, 0.3) is 0 Å². The summed E-state index contributed by atoms with van der Waals surface area (Å²) in [6, 6.07) is 23.9. The summed E-state index contributed by atoms with van der Waals surface area (Å²) in [6.07, 6.45) is 4.45. The number of fused-ring (bicyclic) bond motifs is 4. The average molecular weight is 645 g/mol. The number of β-amino-alcohol motifs (C(OH)–C–C–N with tert-alkyl or cyclic N) is 1. The summed E-state index contributed by atoms with van der Waals surface area (Å²) < 4.78 is 64.2. The van der Waals surface area contributed by atoms with Crippen LogP contribution >= 0.6 is 0 Å². The normalized spacial score (nSPS) is 16.9. The molecule has 0 saturated carbocycles. The zero-order chi connectivity index (χ0) is 28.0. The molecule has 0 saturated heterocycles. The zero-order valence-electron chi connectivity index (χ0n) is 21.2. The van der Waals surface area contributed by atoms with E-state index in [0.717, 1.165) is 6.54 Å². The van der Waals surface area contributed by atoms with Gasteiger partial charge in [-0.15, -0.1) is 0 Å². The molecule has 0 radical (unpaired) electrons. The fourth-order valence-corrected chi connectivity index (χ4v) is 5.17. The van der Waals surface area contributed by atoms with Gasteiger partial charge in [0.05, 0.1) is 5.41 Å². The molecule has 3 nitrogen and oxygen atoms in total. The van der Waals surface area contributed by atoms with E-state index in [0.29, 0.717) is 6.54 Å². The number of para-hydroxylation sites is 2. The van der Waals surface area contributed by atoms with Crippen molar-refractivity contribution in [3.05, 3.63) is 83.9 Å². The Kier molecular flexibility index (Phi) is 6.81. The number of aryl methyl sites for hydroxylation is 1. The molecule has 1 N–H and O–H groups in total. The van der Waals surface area contributed by atoms with Crippen LogP contribution in [0.1, 0.15) is 31.9 Å². The van der Waals surface area contributed by atoms with Crippen LogP contribution in [0, 0.1) is 0 Å². The van der Waals surface area contributed by atoms with Crippen molar-refractivity contribution < 1.29 is 26.6 Å². The summed E-state index contributed by atoms with van der Waals surface area (Å²) in [5.41, 5.74) is 7.38. The van der Waals surface area contributed by atoms with Crippen LogP contribution in [0.4, 0.5) is 22.6 Å². The number of nitrogens with zero attached hydrogens (tertiary/aromatic N) is 2. The molecule has 5 rings (SSSR count). The molecule has 1 aromatic heterocycles. The van der Waals surface area contributed by atoms with Gasteiger partial charge in [0.1, 0.15) is 6.61 Å². The minimum atomic E-state index is -11.2. The standard InChI is InChI=1S/C28H29N2O.6FH.Sb/c1-4-29-24-11-7-5-9-21(24)22-19-20(13-15-25(22)29)14-16-27-28(2,3)23-10-6-8-12-26(23)30(27)17-18-31;;;;;;;/h5-16,19,31H,4,17-18H2,1-3H3;6*1H;/q+1;;;;;;;+5/p-6. The third kappa shape index (κ3) is 6.26. The van der Waals surface area contributed by atoms with E-state index in [-0.39, 0.29) is 12.0 Å². The Morgan fingerprint density at radius 2 is 1.45 bits per heavy atom. The van der Waals surface area contributed by atoms with Gasteiger partial charge in [-0.25, -0.2) is 0 Å². The number of hydrogen-bond acceptors (Lipinski definition) is 1. The van der Waals surface area contributed by atoms with Crippen molar-refractivity contribution in [2.24, 2.45) is 0 Å². The first-order valence-electron chi connectivity index (χ1n) is 12.1. The van der Waals surface area contributed by atoms with Gasteiger partial charge in [-0.3, -0.25) is 0 Å². The number of allylic oxidation sites excluding steroid dienone is 1. The second-order valence-electron chi connectivity index (χ2n) is 9.73. The molecule has 204 valence electrons. The molecular weight excluding hydrogens is 616 g/mol. The van der Waals surface area contributed by atoms with Gasteiger partial charge in [-0.2, -0.15) is 4.58 Å². The molecule has 0 fully saturated rings. The molecule has 0 bridgehead atoms. The first-order valence-corrected chi connectivity index (χ1v) is 17.9. The summed E-state index contributed by atoms with van der Waals surface area (Å²) in [6.45, 7) is 8.42. The number of aliphatic hydroxyl groups excluding tert-OH is 1. The van der Waals surface area contributed by atoms with Gasteiger partial charge in [-0.05, 0) is 50.6 Å². The van der Waals surface area contributed by atoms with Gasteiger partial charge in [0.2, 0.25) is 5.69 Å². The molecule has 0 unspecified atom stereocenters. The fourth-order valence-electron chi connectivity index (χ4n) is 5.17. The van der Waals surface area contributed by atoms with Crippen LogP contribution in [-0.4, -0.2) is 52.6 Å². The van der Waals surface area contributed by atoms with Crippen molar-refractivity contribution in [3.63, 3.8) is 0 Å². The molecular formula is C28H29F6N2OSb. The summed E-state index contributed by atoms with van der Waals surface area (Å²) >= 11 is -11.2. The SMILES string of the molecule is CCn1c2ccccc2c2cc(/C=C/C3=[N+](CCO)c4ccccc4C3(C)C)ccc21.[F][Sb-]([F])([F])([F])([F])[F]. The number of hydrogen-bond donors (Lipinski definition) is 1. The summed E-state index contributed by atoms with van der Waals surface area (Å²) in [5, 5.41) is 12.3. The number of aliphatic hydroxyl groups is 1. The van der Waals surface area contributed by atoms with E-state index in [1.165, 1.54) is 44.3 Å². The van der Waals surface area contributed by atoms with Crippen LogP contribution < -0.4 is 0 Å². The van der Waals surface area contributed by atoms with Crippen LogP contribution in [0.25, 0.3) is 27.9 Å². The Hall–Kier alpha value is -2.77. The quantitative estimate of drug-likeness (QED) is 0.133. The van der Waals surface area contributed by atoms with E-state index < -0.39 is 19.5 Å². The number of aromatic nitrogens is 1. The molecule has 3 aromatic carbocycles. The molecule has 0 amide bonds. The molecule has 10 heteroatoms. The van der Waals surface area contributed by atoms with E-state index in [4.69, 9.17) is 0 Å². The van der Waals surface area contributed by atoms with Crippen molar-refractivity contribution in [2.75, 3.05) is 13.2 Å². The van der Waals surface area contributed by atoms with Crippen LogP contribution in [-0.2, 0) is 12.0 Å². The van der Waals surface area contributed by atoms with Crippen LogP contribution in [0.2, 0.25) is 0 Å². The number of benzene rings is 3. The van der Waals surface area contributed by atoms with Gasteiger partial charge in [0, 0.05) is 46.1 Å². The summed E-state index contributed by atoms with van der Waals surface area (Å²) in [5.74, 6) is 0. The topological polar surface area (TPSA) is 28.2 Å². The van der Waals surface area contributed by atoms with Crippen LogP contribution in [0.15, 0.2) is 72.8 Å². The minimum absolute atomic E-state index is 0.107. The number of rotatable bonds is 5. The third-order valence-corrected chi connectivity index (χ3v) is 6.67. The van der Waals surface area contributed by atoms with Crippen molar-refractivity contribution in [3.8, 4) is 0 Å². The predicted molar refractivity (Wildman–Crippen MR) is 143 cm³/mol. The second-order valence-corrected chi connectivity index (χ2v) is 15.2. The average Bonchev–Trinajstić information content (AvgIpc) is 3.25. The Labute approximate surface area is 219 Å². The Balaban J connectivity index is 0.000000426. The van der Waals surface area contributed by atoms with Crippen LogP contribution in [0.3, 0.4) is 0 Å². The Morgan fingerprint density at radius 1 is 0.842 bits per heavy atom. The van der Waals surface area contributed by atoms with Crippen molar-refractivity contribution in [1.82, 2.24) is 4.57 Å². The fraction of sp³-hybridized carbons (Fsp3) is 0.250. The second kappa shape index (κ2) is 9.16. The monoisotopic (exact) mass is 644 g/mol. The van der Waals surface area contributed by atoms with Crippen molar-refractivity contribution in [2.45, 2.75) is 32.7 Å². The summed E-state index contributed by atoms with van der Waals surface area (Å²) in [4.78, 5) is 0. The molecule has 0 aliphatic carbocycles. The van der Waals surface area contributed by atoms with Crippen LogP contribution in [0.5, 0.6) is 0 Å². The Bertz CT molecular complexity index is 1570. The molecule has 1 aliphatic rings. The van der Waals surface area contributed by atoms with Gasteiger partial charge < -0.3 is 9.67 Å². The number of halogens is 6. The molecule has 38 heavy (non-hydrogen) atoms. The molecule has 0 atom stereocenters. The first-order chi connectivity index (χ1) is 17.5. The maximum absolute atomic E-state index is 11.2. The first kappa shape index (κ1) is 28.2. The van der Waals surface area contributed by atoms with Gasteiger partial charge in [-0.1, -0.05) is 42.5 Å². The molecule has 0 spiro atoms. The molecule has 2 heterocycles. The van der Waals surface area contributed by atoms with E-state index >= 15 is 0 Å². The summed E-state index contributed by atoms with van der Waals surface area (Å²) in [7, 11) is 0. The predicted octanol–water partition coefficient (Wildman–Crippen LogP) is 8.04. The molecule has 1 aliphatic heterocycles.